The molecule has 1 saturated heterocycles. The number of amides is 1. The summed E-state index contributed by atoms with van der Waals surface area (Å²) in [6.07, 6.45) is 1.69. The zero-order valence-electron chi connectivity index (χ0n) is 20.3. The molecule has 1 aliphatic heterocycles. The van der Waals surface area contributed by atoms with Crippen molar-refractivity contribution in [3.63, 3.8) is 0 Å². The summed E-state index contributed by atoms with van der Waals surface area (Å²) in [6.45, 7) is 1.19. The van der Waals surface area contributed by atoms with E-state index in [0.717, 1.165) is 12.8 Å². The Labute approximate surface area is 207 Å². The normalized spacial score (nSPS) is 14.9. The maximum absolute atomic E-state index is 13.3. The fourth-order valence-corrected chi connectivity index (χ4v) is 4.10. The lowest BCUT2D eigenvalue weighted by molar-refractivity contribution is -0.384. The number of non-ortho nitro benzene ring substituents is 1. The standard InChI is InChI=1S/C25H27N3O8/c1-32-22-11-17(12-23(33-2)24(22)34-3)21-13-18(26-36-21)14-27(15-20-5-4-10-35-20)25(29)16-6-8-19(9-7-16)28(30)31/h6-9,11-13,20H,4-5,10,14-15H2,1-3H3/t20-/m0/s1. The van der Waals surface area contributed by atoms with E-state index in [0.29, 0.717) is 53.0 Å². The second kappa shape index (κ2) is 11.1. The first-order chi connectivity index (χ1) is 17.4. The van der Waals surface area contributed by atoms with E-state index in [2.05, 4.69) is 5.16 Å². The van der Waals surface area contributed by atoms with Crippen molar-refractivity contribution in [2.24, 2.45) is 0 Å². The smallest absolute Gasteiger partial charge is 0.269 e. The molecule has 2 heterocycles. The molecule has 0 radical (unpaired) electrons. The van der Waals surface area contributed by atoms with Gasteiger partial charge in [0.05, 0.1) is 38.9 Å². The second-order valence-electron chi connectivity index (χ2n) is 8.22. The summed E-state index contributed by atoms with van der Waals surface area (Å²) in [7, 11) is 4.58. The van der Waals surface area contributed by atoms with Gasteiger partial charge in [0, 0.05) is 42.5 Å². The number of hydrogen-bond donors (Lipinski definition) is 0. The van der Waals surface area contributed by atoms with Crippen LogP contribution in [0.15, 0.2) is 47.0 Å². The van der Waals surface area contributed by atoms with Crippen molar-refractivity contribution in [3.05, 3.63) is 63.8 Å². The Kier molecular flexibility index (Phi) is 7.69. The Morgan fingerprint density at radius 1 is 1.11 bits per heavy atom. The molecule has 190 valence electrons. The summed E-state index contributed by atoms with van der Waals surface area (Å²) in [4.78, 5) is 25.4. The minimum absolute atomic E-state index is 0.0799. The lowest BCUT2D eigenvalue weighted by Crippen LogP contribution is -2.37. The quantitative estimate of drug-likeness (QED) is 0.300. The van der Waals surface area contributed by atoms with E-state index in [1.807, 2.05) is 0 Å². The zero-order valence-corrected chi connectivity index (χ0v) is 20.3. The van der Waals surface area contributed by atoms with Crippen LogP contribution in [0.1, 0.15) is 28.9 Å². The van der Waals surface area contributed by atoms with Crippen molar-refractivity contribution in [3.8, 4) is 28.6 Å². The third-order valence-corrected chi connectivity index (χ3v) is 5.92. The fraction of sp³-hybridized carbons (Fsp3) is 0.360. The van der Waals surface area contributed by atoms with Gasteiger partial charge in [-0.25, -0.2) is 0 Å². The lowest BCUT2D eigenvalue weighted by atomic mass is 10.1. The third kappa shape index (κ3) is 5.41. The van der Waals surface area contributed by atoms with E-state index in [1.54, 1.807) is 23.1 Å². The van der Waals surface area contributed by atoms with Crippen molar-refractivity contribution in [2.75, 3.05) is 34.5 Å². The van der Waals surface area contributed by atoms with Crippen molar-refractivity contribution in [1.29, 1.82) is 0 Å². The van der Waals surface area contributed by atoms with Crippen LogP contribution in [0.2, 0.25) is 0 Å². The minimum atomic E-state index is -0.502. The number of nitro groups is 1. The predicted molar refractivity (Wildman–Crippen MR) is 128 cm³/mol. The Balaban J connectivity index is 1.59. The van der Waals surface area contributed by atoms with Gasteiger partial charge in [0.25, 0.3) is 11.6 Å². The number of ether oxygens (including phenoxy) is 4. The van der Waals surface area contributed by atoms with Crippen LogP contribution in [0, 0.1) is 10.1 Å². The van der Waals surface area contributed by atoms with Crippen molar-refractivity contribution >= 4 is 11.6 Å². The molecule has 3 aromatic rings. The largest absolute Gasteiger partial charge is 0.493 e. The summed E-state index contributed by atoms with van der Waals surface area (Å²) in [6, 6.07) is 10.8. The maximum atomic E-state index is 13.3. The van der Waals surface area contributed by atoms with Crippen LogP contribution in [0.3, 0.4) is 0 Å². The van der Waals surface area contributed by atoms with Gasteiger partial charge >= 0.3 is 0 Å². The number of carbonyl (C=O) groups is 1. The molecule has 1 aromatic heterocycles. The molecule has 0 N–H and O–H groups in total. The first kappa shape index (κ1) is 25.0. The van der Waals surface area contributed by atoms with Gasteiger partial charge in [-0.1, -0.05) is 5.16 Å². The van der Waals surface area contributed by atoms with Gasteiger partial charge in [-0.15, -0.1) is 0 Å². The monoisotopic (exact) mass is 497 g/mol. The van der Waals surface area contributed by atoms with Crippen LogP contribution in [-0.4, -0.2) is 61.5 Å². The molecule has 11 heteroatoms. The second-order valence-corrected chi connectivity index (χ2v) is 8.22. The van der Waals surface area contributed by atoms with Gasteiger partial charge in [-0.2, -0.15) is 0 Å². The topological polar surface area (TPSA) is 126 Å². The van der Waals surface area contributed by atoms with Gasteiger partial charge in [0.15, 0.2) is 17.3 Å². The first-order valence-electron chi connectivity index (χ1n) is 11.3. The number of nitro benzene ring substituents is 1. The molecule has 1 aliphatic rings. The van der Waals surface area contributed by atoms with Crippen LogP contribution >= 0.6 is 0 Å². The molecule has 0 bridgehead atoms. The zero-order chi connectivity index (χ0) is 25.7. The predicted octanol–water partition coefficient (Wildman–Crippen LogP) is 4.10. The highest BCUT2D eigenvalue weighted by atomic mass is 16.6. The number of hydrogen-bond acceptors (Lipinski definition) is 9. The maximum Gasteiger partial charge on any atom is 0.269 e. The molecule has 0 saturated carbocycles. The van der Waals surface area contributed by atoms with E-state index in [-0.39, 0.29) is 24.2 Å². The molecule has 2 aromatic carbocycles. The first-order valence-corrected chi connectivity index (χ1v) is 11.3. The van der Waals surface area contributed by atoms with Gasteiger partial charge in [0.1, 0.15) is 5.69 Å². The molecule has 11 nitrogen and oxygen atoms in total. The van der Waals surface area contributed by atoms with Crippen LogP contribution in [0.4, 0.5) is 5.69 Å². The summed E-state index contributed by atoms with van der Waals surface area (Å²) in [5.74, 6) is 1.58. The van der Waals surface area contributed by atoms with E-state index >= 15 is 0 Å². The van der Waals surface area contributed by atoms with Crippen LogP contribution < -0.4 is 14.2 Å². The molecule has 0 aliphatic carbocycles. The highest BCUT2D eigenvalue weighted by Crippen LogP contribution is 2.41. The highest BCUT2D eigenvalue weighted by Gasteiger charge is 2.25. The van der Waals surface area contributed by atoms with Crippen molar-refractivity contribution in [2.45, 2.75) is 25.5 Å². The fourth-order valence-electron chi connectivity index (χ4n) is 4.10. The Bertz CT molecular complexity index is 1190. The highest BCUT2D eigenvalue weighted by molar-refractivity contribution is 5.94. The minimum Gasteiger partial charge on any atom is -0.493 e. The number of aromatic nitrogens is 1. The molecule has 0 spiro atoms. The summed E-state index contributed by atoms with van der Waals surface area (Å²) in [5.41, 5.74) is 1.46. The SMILES string of the molecule is COc1cc(-c2cc(CN(C[C@@H]3CCCO3)C(=O)c3ccc([N+](=O)[O-])cc3)no2)cc(OC)c1OC. The van der Waals surface area contributed by atoms with Gasteiger partial charge in [0.2, 0.25) is 5.75 Å². The average molecular weight is 498 g/mol. The molecule has 4 rings (SSSR count). The van der Waals surface area contributed by atoms with Crippen molar-refractivity contribution < 1.29 is 33.2 Å². The molecule has 1 atom stereocenters. The Morgan fingerprint density at radius 3 is 2.36 bits per heavy atom. The van der Waals surface area contributed by atoms with E-state index in [4.69, 9.17) is 23.5 Å². The molecule has 0 unspecified atom stereocenters. The average Bonchev–Trinajstić information content (AvgIpc) is 3.59. The van der Waals surface area contributed by atoms with Gasteiger partial charge < -0.3 is 28.4 Å². The molecule has 1 fully saturated rings. The van der Waals surface area contributed by atoms with E-state index < -0.39 is 4.92 Å². The summed E-state index contributed by atoms with van der Waals surface area (Å²) >= 11 is 0. The Morgan fingerprint density at radius 2 is 1.81 bits per heavy atom. The number of methoxy groups -OCH3 is 3. The molecule has 1 amide bonds. The molecular formula is C25H27N3O8. The van der Waals surface area contributed by atoms with E-state index in [9.17, 15) is 14.9 Å². The van der Waals surface area contributed by atoms with Crippen LogP contribution in [0.5, 0.6) is 17.2 Å². The number of rotatable bonds is 10. The third-order valence-electron chi connectivity index (χ3n) is 5.92. The Hall–Kier alpha value is -4.12. The van der Waals surface area contributed by atoms with E-state index in [1.165, 1.54) is 45.6 Å². The van der Waals surface area contributed by atoms with Gasteiger partial charge in [-0.05, 0) is 37.1 Å². The molecular weight excluding hydrogens is 470 g/mol. The lowest BCUT2D eigenvalue weighted by Gasteiger charge is -2.24. The van der Waals surface area contributed by atoms with Crippen molar-refractivity contribution in [1.82, 2.24) is 10.1 Å². The van der Waals surface area contributed by atoms with Crippen LogP contribution in [0.25, 0.3) is 11.3 Å². The number of nitrogens with zero attached hydrogens (tertiary/aromatic N) is 3. The number of carbonyl (C=O) groups excluding carboxylic acids is 1. The number of benzene rings is 2. The molecule has 36 heavy (non-hydrogen) atoms. The van der Waals surface area contributed by atoms with Crippen LogP contribution in [-0.2, 0) is 11.3 Å². The summed E-state index contributed by atoms with van der Waals surface area (Å²) < 4.78 is 27.5. The summed E-state index contributed by atoms with van der Waals surface area (Å²) in [5, 5.41) is 15.1. The van der Waals surface area contributed by atoms with Gasteiger partial charge in [-0.3, -0.25) is 14.9 Å².